The summed E-state index contributed by atoms with van der Waals surface area (Å²) in [5.74, 6) is 0. The molecule has 0 aliphatic heterocycles. The highest BCUT2D eigenvalue weighted by molar-refractivity contribution is 6.31. The second-order valence-corrected chi connectivity index (χ2v) is 2.91. The van der Waals surface area contributed by atoms with Crippen molar-refractivity contribution in [1.82, 2.24) is 0 Å². The van der Waals surface area contributed by atoms with Crippen LogP contribution in [0.25, 0.3) is 0 Å². The van der Waals surface area contributed by atoms with Gasteiger partial charge in [-0.2, -0.15) is 13.2 Å². The van der Waals surface area contributed by atoms with Gasteiger partial charge < -0.3 is 0 Å². The zero-order valence-corrected chi connectivity index (χ0v) is 7.86. The molecule has 0 spiro atoms. The number of nitrogens with one attached hydrogen (secondary N) is 1. The molecule has 0 fully saturated rings. The van der Waals surface area contributed by atoms with E-state index in [9.17, 15) is 18.0 Å². The molecule has 0 saturated heterocycles. The average Bonchev–Trinajstić information content (AvgIpc) is 2.15. The zero-order chi connectivity index (χ0) is 11.5. The summed E-state index contributed by atoms with van der Waals surface area (Å²) < 4.78 is 37.0. The molecule has 7 heteroatoms. The number of isocyanates is 1. The van der Waals surface area contributed by atoms with Gasteiger partial charge in [-0.3, -0.25) is 5.43 Å². The van der Waals surface area contributed by atoms with Crippen LogP contribution in [0, 0.1) is 0 Å². The zero-order valence-electron chi connectivity index (χ0n) is 7.10. The first kappa shape index (κ1) is 11.6. The first-order valence-electron chi connectivity index (χ1n) is 3.65. The van der Waals surface area contributed by atoms with Gasteiger partial charge in [0.1, 0.15) is 0 Å². The fraction of sp³-hybridized carbons (Fsp3) is 0.125. The van der Waals surface area contributed by atoms with Crippen LogP contribution in [-0.4, -0.2) is 6.08 Å². The maximum absolute atomic E-state index is 12.3. The molecule has 0 amide bonds. The Balaban J connectivity index is 3.11. The van der Waals surface area contributed by atoms with Gasteiger partial charge >= 0.3 is 6.18 Å². The lowest BCUT2D eigenvalue weighted by molar-refractivity contribution is -0.137. The predicted octanol–water partition coefficient (Wildman–Crippen LogP) is 3.02. The van der Waals surface area contributed by atoms with Crippen LogP contribution in [0.4, 0.5) is 18.9 Å². The van der Waals surface area contributed by atoms with Crippen LogP contribution < -0.4 is 5.43 Å². The van der Waals surface area contributed by atoms with Crippen LogP contribution in [0.5, 0.6) is 0 Å². The fourth-order valence-electron chi connectivity index (χ4n) is 0.899. The van der Waals surface area contributed by atoms with Crippen LogP contribution in [-0.2, 0) is 11.0 Å². The summed E-state index contributed by atoms with van der Waals surface area (Å²) >= 11 is 5.36. The maximum Gasteiger partial charge on any atom is 0.417 e. The Kier molecular flexibility index (Phi) is 3.34. The lowest BCUT2D eigenvalue weighted by atomic mass is 10.2. The van der Waals surface area contributed by atoms with E-state index in [-0.39, 0.29) is 5.69 Å². The van der Waals surface area contributed by atoms with E-state index in [1.54, 1.807) is 0 Å². The van der Waals surface area contributed by atoms with Crippen molar-refractivity contribution in [2.24, 2.45) is 5.10 Å². The van der Waals surface area contributed by atoms with Gasteiger partial charge in [0, 0.05) is 0 Å². The molecule has 0 unspecified atom stereocenters. The summed E-state index contributed by atoms with van der Waals surface area (Å²) in [5.41, 5.74) is 1.10. The molecule has 0 saturated carbocycles. The number of carbonyl (C=O) groups excluding carboxylic acids is 1. The minimum absolute atomic E-state index is 0.00933. The standard InChI is InChI=1S/C8H4ClF3N2O/c9-7-2-1-5(14-13-4-15)3-6(7)8(10,11)12/h1-3,14H. The minimum atomic E-state index is -4.54. The number of rotatable bonds is 2. The van der Waals surface area contributed by atoms with Gasteiger partial charge in [0.25, 0.3) is 6.08 Å². The summed E-state index contributed by atoms with van der Waals surface area (Å²) in [4.78, 5) is 9.72. The molecule has 0 heterocycles. The fourth-order valence-corrected chi connectivity index (χ4v) is 1.12. The van der Waals surface area contributed by atoms with Crippen molar-refractivity contribution in [2.45, 2.75) is 6.18 Å². The molecular weight excluding hydrogens is 233 g/mol. The van der Waals surface area contributed by atoms with E-state index in [0.717, 1.165) is 18.2 Å². The van der Waals surface area contributed by atoms with Crippen LogP contribution in [0.3, 0.4) is 0 Å². The van der Waals surface area contributed by atoms with Crippen molar-refractivity contribution in [3.8, 4) is 0 Å². The van der Waals surface area contributed by atoms with Gasteiger partial charge in [-0.1, -0.05) is 16.7 Å². The van der Waals surface area contributed by atoms with Gasteiger partial charge in [-0.15, -0.1) is 0 Å². The Bertz CT molecular complexity index is 413. The van der Waals surface area contributed by atoms with Crippen molar-refractivity contribution in [1.29, 1.82) is 0 Å². The third-order valence-corrected chi connectivity index (χ3v) is 1.83. The van der Waals surface area contributed by atoms with E-state index in [1.165, 1.54) is 6.07 Å². The molecule has 0 bridgehead atoms. The summed E-state index contributed by atoms with van der Waals surface area (Å²) in [6, 6.07) is 3.08. The molecule has 1 N–H and O–H groups in total. The van der Waals surface area contributed by atoms with Gasteiger partial charge in [0.05, 0.1) is 16.3 Å². The number of benzene rings is 1. The molecule has 80 valence electrons. The van der Waals surface area contributed by atoms with Crippen LogP contribution in [0.15, 0.2) is 23.3 Å². The third kappa shape index (κ3) is 2.97. The lowest BCUT2D eigenvalue weighted by Crippen LogP contribution is -2.06. The first-order chi connectivity index (χ1) is 6.95. The Hall–Kier alpha value is -1.52. The number of halogens is 4. The Morgan fingerprint density at radius 2 is 2.07 bits per heavy atom. The molecular formula is C8H4ClF3N2O. The normalized spacial score (nSPS) is 10.7. The highest BCUT2D eigenvalue weighted by atomic mass is 35.5. The summed E-state index contributed by atoms with van der Waals surface area (Å²) in [7, 11) is 0. The van der Waals surface area contributed by atoms with Crippen LogP contribution in [0.1, 0.15) is 5.56 Å². The molecule has 0 aromatic heterocycles. The maximum atomic E-state index is 12.3. The SMILES string of the molecule is O=C=NNc1ccc(Cl)c(C(F)(F)F)c1. The smallest absolute Gasteiger partial charge is 0.267 e. The highest BCUT2D eigenvalue weighted by Crippen LogP contribution is 2.36. The first-order valence-corrected chi connectivity index (χ1v) is 4.02. The Morgan fingerprint density at radius 1 is 1.40 bits per heavy atom. The molecule has 0 atom stereocenters. The number of nitrogens with zero attached hydrogens (tertiary/aromatic N) is 1. The molecule has 1 aromatic carbocycles. The quantitative estimate of drug-likeness (QED) is 0.487. The Labute approximate surface area is 87.5 Å². The lowest BCUT2D eigenvalue weighted by Gasteiger charge is -2.09. The predicted molar refractivity (Wildman–Crippen MR) is 48.2 cm³/mol. The second kappa shape index (κ2) is 4.33. The largest absolute Gasteiger partial charge is 0.417 e. The van der Waals surface area contributed by atoms with Crippen LogP contribution in [0.2, 0.25) is 5.02 Å². The van der Waals surface area contributed by atoms with E-state index in [2.05, 4.69) is 10.5 Å². The molecule has 0 aliphatic rings. The van der Waals surface area contributed by atoms with Gasteiger partial charge in [0.2, 0.25) is 0 Å². The number of anilines is 1. The molecule has 1 aromatic rings. The number of hydrogen-bond donors (Lipinski definition) is 1. The van der Waals surface area contributed by atoms with Crippen molar-refractivity contribution < 1.29 is 18.0 Å². The van der Waals surface area contributed by atoms with Gasteiger partial charge in [-0.25, -0.2) is 4.79 Å². The summed E-state index contributed by atoms with van der Waals surface area (Å²) in [6.45, 7) is 0. The van der Waals surface area contributed by atoms with E-state index in [1.807, 2.05) is 0 Å². The van der Waals surface area contributed by atoms with Crippen molar-refractivity contribution in [3.05, 3.63) is 28.8 Å². The molecule has 0 radical (unpaired) electrons. The molecule has 0 aliphatic carbocycles. The van der Waals surface area contributed by atoms with Gasteiger partial charge in [-0.05, 0) is 18.2 Å². The van der Waals surface area contributed by atoms with E-state index in [0.29, 0.717) is 0 Å². The monoisotopic (exact) mass is 236 g/mol. The van der Waals surface area contributed by atoms with Crippen molar-refractivity contribution in [2.75, 3.05) is 5.43 Å². The molecule has 3 nitrogen and oxygen atoms in total. The van der Waals surface area contributed by atoms with E-state index in [4.69, 9.17) is 11.6 Å². The minimum Gasteiger partial charge on any atom is -0.267 e. The van der Waals surface area contributed by atoms with Gasteiger partial charge in [0.15, 0.2) is 0 Å². The highest BCUT2D eigenvalue weighted by Gasteiger charge is 2.33. The second-order valence-electron chi connectivity index (χ2n) is 2.51. The van der Waals surface area contributed by atoms with Crippen LogP contribution >= 0.6 is 11.6 Å². The average molecular weight is 237 g/mol. The molecule has 15 heavy (non-hydrogen) atoms. The van der Waals surface area contributed by atoms with E-state index < -0.39 is 16.8 Å². The number of hydrazone groups is 1. The summed E-state index contributed by atoms with van der Waals surface area (Å²) in [5, 5.41) is 2.52. The van der Waals surface area contributed by atoms with Crippen molar-refractivity contribution >= 4 is 23.4 Å². The number of alkyl halides is 3. The molecule has 1 rings (SSSR count). The van der Waals surface area contributed by atoms with E-state index >= 15 is 0 Å². The Morgan fingerprint density at radius 3 is 2.60 bits per heavy atom. The number of hydrogen-bond acceptors (Lipinski definition) is 3. The topological polar surface area (TPSA) is 41.5 Å². The third-order valence-electron chi connectivity index (χ3n) is 1.50. The van der Waals surface area contributed by atoms with Crippen molar-refractivity contribution in [3.63, 3.8) is 0 Å². The summed E-state index contributed by atoms with van der Waals surface area (Å²) in [6.07, 6.45) is -3.40.